The van der Waals surface area contributed by atoms with Crippen LogP contribution in [-0.2, 0) is 20.8 Å². The zero-order valence-corrected chi connectivity index (χ0v) is 17.5. The molecule has 2 N–H and O–H groups in total. The Hall–Kier alpha value is -1.74. The number of hydrogen-bond acceptors (Lipinski definition) is 6. The van der Waals surface area contributed by atoms with Crippen molar-refractivity contribution in [3.8, 4) is 5.75 Å². The Kier molecular flexibility index (Phi) is 8.23. The molecule has 1 aliphatic heterocycles. The van der Waals surface area contributed by atoms with Crippen LogP contribution in [0.5, 0.6) is 5.75 Å². The molecule has 29 heavy (non-hydrogen) atoms. The molecule has 2 aromatic carbocycles. The number of aliphatic hydroxyl groups is 2. The number of aliphatic hydroxyl groups excluding tert-OH is 2. The van der Waals surface area contributed by atoms with Gasteiger partial charge in [-0.05, 0) is 29.8 Å². The molecule has 0 aromatic heterocycles. The van der Waals surface area contributed by atoms with Gasteiger partial charge in [0.2, 0.25) is 6.29 Å². The first-order valence-electron chi connectivity index (χ1n) is 9.36. The zero-order chi connectivity index (χ0) is 20.6. The highest BCUT2D eigenvalue weighted by Crippen LogP contribution is 2.27. The van der Waals surface area contributed by atoms with Crippen molar-refractivity contribution >= 4 is 15.9 Å². The molecule has 1 fully saturated rings. The summed E-state index contributed by atoms with van der Waals surface area (Å²) >= 11 is 3.37. The molecule has 0 bridgehead atoms. The molecule has 3 rings (SSSR count). The Labute approximate surface area is 178 Å². The summed E-state index contributed by atoms with van der Waals surface area (Å²) in [5, 5.41) is 21.3. The quantitative estimate of drug-likeness (QED) is 0.555. The van der Waals surface area contributed by atoms with Gasteiger partial charge in [0.05, 0.1) is 19.8 Å². The third kappa shape index (κ3) is 6.12. The molecule has 0 spiro atoms. The van der Waals surface area contributed by atoms with Gasteiger partial charge in [-0.2, -0.15) is 0 Å². The highest BCUT2D eigenvalue weighted by Gasteiger charge is 2.46. The summed E-state index contributed by atoms with van der Waals surface area (Å²) in [5.41, 5.74) is 1.01. The van der Waals surface area contributed by atoms with Gasteiger partial charge in [-0.3, -0.25) is 0 Å². The number of benzene rings is 2. The van der Waals surface area contributed by atoms with E-state index in [1.807, 2.05) is 42.5 Å². The third-order valence-corrected chi connectivity index (χ3v) is 5.04. The molecule has 156 valence electrons. The van der Waals surface area contributed by atoms with Crippen LogP contribution in [0.25, 0.3) is 0 Å². The van der Waals surface area contributed by atoms with Crippen molar-refractivity contribution in [3.63, 3.8) is 0 Å². The molecule has 2 aromatic rings. The van der Waals surface area contributed by atoms with Crippen LogP contribution < -0.4 is 4.74 Å². The second kappa shape index (κ2) is 10.9. The third-order valence-electron chi connectivity index (χ3n) is 4.51. The number of ether oxygens (including phenoxy) is 4. The lowest BCUT2D eigenvalue weighted by Gasteiger charge is -2.42. The minimum absolute atomic E-state index is 0.122. The van der Waals surface area contributed by atoms with Crippen LogP contribution in [0, 0.1) is 0 Å². The molecule has 1 heterocycles. The van der Waals surface area contributed by atoms with E-state index in [1.165, 1.54) is 0 Å². The average Bonchev–Trinajstić information content (AvgIpc) is 2.73. The lowest BCUT2D eigenvalue weighted by Crippen LogP contribution is -2.61. The van der Waals surface area contributed by atoms with Gasteiger partial charge in [0.1, 0.15) is 30.2 Å². The van der Waals surface area contributed by atoms with Crippen molar-refractivity contribution in [1.29, 1.82) is 0 Å². The van der Waals surface area contributed by atoms with E-state index >= 15 is 0 Å². The molecule has 0 amide bonds. The fraction of sp³-hybridized carbons (Fsp3) is 0.364. The van der Waals surface area contributed by atoms with Gasteiger partial charge in [-0.1, -0.05) is 52.3 Å². The van der Waals surface area contributed by atoms with E-state index in [0.29, 0.717) is 12.4 Å². The summed E-state index contributed by atoms with van der Waals surface area (Å²) in [6, 6.07) is 16.9. The zero-order valence-electron chi connectivity index (χ0n) is 15.9. The van der Waals surface area contributed by atoms with E-state index in [1.54, 1.807) is 18.2 Å². The van der Waals surface area contributed by atoms with Crippen LogP contribution in [0.15, 0.2) is 71.7 Å². The summed E-state index contributed by atoms with van der Waals surface area (Å²) in [5.74, 6) is 0.528. The number of halogens is 1. The molecule has 1 aliphatic rings. The van der Waals surface area contributed by atoms with Crippen molar-refractivity contribution in [2.24, 2.45) is 0 Å². The van der Waals surface area contributed by atoms with E-state index in [9.17, 15) is 10.2 Å². The molecule has 7 heteroatoms. The van der Waals surface area contributed by atoms with E-state index < -0.39 is 30.7 Å². The SMILES string of the molecule is C=CCO[C@@H]1[C@H](O)[C@H](Oc2ccc(Br)cc2)O[C@@H](COCc2ccccc2)[C@H]1O. The number of hydrogen-bond donors (Lipinski definition) is 2. The van der Waals surface area contributed by atoms with Gasteiger partial charge >= 0.3 is 0 Å². The predicted molar refractivity (Wildman–Crippen MR) is 111 cm³/mol. The van der Waals surface area contributed by atoms with Gasteiger partial charge in [0.25, 0.3) is 0 Å². The minimum atomic E-state index is -1.18. The van der Waals surface area contributed by atoms with Gasteiger partial charge < -0.3 is 29.2 Å². The van der Waals surface area contributed by atoms with Gasteiger partial charge in [0, 0.05) is 4.47 Å². The standard InChI is InChI=1S/C22H25BrO6/c1-2-12-27-21-19(24)18(14-26-13-15-6-4-3-5-7-15)29-22(20(21)25)28-17-10-8-16(23)9-11-17/h2-11,18-22,24-25H,1,12-14H2/t18-,19+,20-,21-,22+/m0/s1. The Morgan fingerprint density at radius 2 is 1.76 bits per heavy atom. The van der Waals surface area contributed by atoms with Crippen LogP contribution in [0.4, 0.5) is 0 Å². The van der Waals surface area contributed by atoms with Crippen molar-refractivity contribution in [2.45, 2.75) is 37.3 Å². The topological polar surface area (TPSA) is 77.4 Å². The lowest BCUT2D eigenvalue weighted by atomic mass is 9.99. The Balaban J connectivity index is 1.66. The Morgan fingerprint density at radius 1 is 1.03 bits per heavy atom. The second-order valence-corrected chi connectivity index (χ2v) is 7.60. The maximum absolute atomic E-state index is 10.7. The molecular weight excluding hydrogens is 440 g/mol. The number of rotatable bonds is 9. The molecule has 0 saturated carbocycles. The van der Waals surface area contributed by atoms with Crippen molar-refractivity contribution in [1.82, 2.24) is 0 Å². The summed E-state index contributed by atoms with van der Waals surface area (Å²) in [6.07, 6.45) is -3.34. The highest BCUT2D eigenvalue weighted by atomic mass is 79.9. The van der Waals surface area contributed by atoms with Crippen LogP contribution in [0.2, 0.25) is 0 Å². The van der Waals surface area contributed by atoms with Crippen LogP contribution in [0.1, 0.15) is 5.56 Å². The molecule has 1 saturated heterocycles. The largest absolute Gasteiger partial charge is 0.462 e. The first-order chi connectivity index (χ1) is 14.1. The van der Waals surface area contributed by atoms with E-state index in [2.05, 4.69) is 22.5 Å². The highest BCUT2D eigenvalue weighted by molar-refractivity contribution is 9.10. The summed E-state index contributed by atoms with van der Waals surface area (Å²) in [4.78, 5) is 0. The van der Waals surface area contributed by atoms with Gasteiger partial charge in [-0.15, -0.1) is 6.58 Å². The molecule has 0 unspecified atom stereocenters. The normalized spacial score (nSPS) is 26.8. The average molecular weight is 465 g/mol. The Bertz CT molecular complexity index is 754. The molecular formula is C22H25BrO6. The van der Waals surface area contributed by atoms with Gasteiger partial charge in [-0.25, -0.2) is 0 Å². The van der Waals surface area contributed by atoms with Crippen LogP contribution >= 0.6 is 15.9 Å². The molecule has 6 nitrogen and oxygen atoms in total. The summed E-state index contributed by atoms with van der Waals surface area (Å²) in [7, 11) is 0. The second-order valence-electron chi connectivity index (χ2n) is 6.68. The maximum Gasteiger partial charge on any atom is 0.229 e. The monoisotopic (exact) mass is 464 g/mol. The summed E-state index contributed by atoms with van der Waals surface area (Å²) in [6.45, 7) is 4.30. The first-order valence-corrected chi connectivity index (χ1v) is 10.2. The van der Waals surface area contributed by atoms with E-state index in [-0.39, 0.29) is 13.2 Å². The van der Waals surface area contributed by atoms with Crippen molar-refractivity contribution in [2.75, 3.05) is 13.2 Å². The maximum atomic E-state index is 10.7. The van der Waals surface area contributed by atoms with Gasteiger partial charge in [0.15, 0.2) is 0 Å². The van der Waals surface area contributed by atoms with Crippen molar-refractivity contribution in [3.05, 3.63) is 77.3 Å². The first kappa shape index (κ1) is 22.0. The molecule has 5 atom stereocenters. The van der Waals surface area contributed by atoms with Crippen LogP contribution in [-0.4, -0.2) is 54.1 Å². The minimum Gasteiger partial charge on any atom is -0.462 e. The van der Waals surface area contributed by atoms with Crippen molar-refractivity contribution < 1.29 is 29.2 Å². The molecule has 0 radical (unpaired) electrons. The summed E-state index contributed by atoms with van der Waals surface area (Å²) < 4.78 is 23.9. The predicted octanol–water partition coefficient (Wildman–Crippen LogP) is 3.06. The smallest absolute Gasteiger partial charge is 0.229 e. The lowest BCUT2D eigenvalue weighted by molar-refractivity contribution is -0.286. The van der Waals surface area contributed by atoms with Crippen LogP contribution in [0.3, 0.4) is 0 Å². The fourth-order valence-corrected chi connectivity index (χ4v) is 3.29. The Morgan fingerprint density at radius 3 is 2.45 bits per heavy atom. The van der Waals surface area contributed by atoms with E-state index in [0.717, 1.165) is 10.0 Å². The fourth-order valence-electron chi connectivity index (χ4n) is 3.03. The van der Waals surface area contributed by atoms with E-state index in [4.69, 9.17) is 18.9 Å². The molecule has 0 aliphatic carbocycles.